The van der Waals surface area contributed by atoms with Gasteiger partial charge in [-0.15, -0.1) is 0 Å². The van der Waals surface area contributed by atoms with E-state index < -0.39 is 0 Å². The number of nitrogens with one attached hydrogen (secondary N) is 1. The van der Waals surface area contributed by atoms with Crippen molar-refractivity contribution in [2.24, 2.45) is 0 Å². The highest BCUT2D eigenvalue weighted by atomic mass is 35.5. The third-order valence-corrected chi connectivity index (χ3v) is 2.78. The summed E-state index contributed by atoms with van der Waals surface area (Å²) in [6, 6.07) is 10.4. The second kappa shape index (κ2) is 6.77. The minimum Gasteiger partial charge on any atom is -0.493 e. The Morgan fingerprint density at radius 1 is 1.35 bits per heavy atom. The Morgan fingerprint density at radius 2 is 2.20 bits per heavy atom. The van der Waals surface area contributed by atoms with Crippen LogP contribution in [0.4, 0.5) is 11.5 Å². The van der Waals surface area contributed by atoms with Crippen LogP contribution >= 0.6 is 11.6 Å². The number of anilines is 2. The van der Waals surface area contributed by atoms with Crippen LogP contribution in [0.2, 0.25) is 5.02 Å². The van der Waals surface area contributed by atoms with Gasteiger partial charge in [0.1, 0.15) is 5.75 Å². The molecule has 6 heteroatoms. The van der Waals surface area contributed by atoms with E-state index in [1.807, 2.05) is 0 Å². The number of halogens is 1. The van der Waals surface area contributed by atoms with Gasteiger partial charge in [0, 0.05) is 18.0 Å². The molecule has 0 aliphatic heterocycles. The van der Waals surface area contributed by atoms with E-state index in [4.69, 9.17) is 22.1 Å². The van der Waals surface area contributed by atoms with E-state index in [9.17, 15) is 4.79 Å². The molecular formula is C14H14ClN3O2. The zero-order valence-corrected chi connectivity index (χ0v) is 11.4. The van der Waals surface area contributed by atoms with Gasteiger partial charge in [-0.05, 0) is 24.3 Å². The molecule has 0 atom stereocenters. The van der Waals surface area contributed by atoms with Crippen molar-refractivity contribution >= 4 is 29.0 Å². The van der Waals surface area contributed by atoms with E-state index >= 15 is 0 Å². The molecule has 1 heterocycles. The average Bonchev–Trinajstić information content (AvgIpc) is 2.41. The minimum absolute atomic E-state index is 0.196. The lowest BCUT2D eigenvalue weighted by atomic mass is 10.3. The fourth-order valence-electron chi connectivity index (χ4n) is 1.54. The molecule has 2 rings (SSSR count). The van der Waals surface area contributed by atoms with Gasteiger partial charge in [0.25, 0.3) is 0 Å². The van der Waals surface area contributed by atoms with Crippen molar-refractivity contribution in [1.29, 1.82) is 0 Å². The monoisotopic (exact) mass is 291 g/mol. The van der Waals surface area contributed by atoms with E-state index in [2.05, 4.69) is 10.3 Å². The standard InChI is InChI=1S/C14H14ClN3O2/c15-12-5-2-7-17-14(12)18-13(19)6-8-20-11-4-1-3-10(16)9-11/h1-5,7,9H,6,8,16H2,(H,17,18,19). The second-order valence-electron chi connectivity index (χ2n) is 4.05. The zero-order chi connectivity index (χ0) is 14.4. The molecular weight excluding hydrogens is 278 g/mol. The van der Waals surface area contributed by atoms with Crippen LogP contribution in [0, 0.1) is 0 Å². The molecule has 104 valence electrons. The van der Waals surface area contributed by atoms with Crippen LogP contribution in [0.5, 0.6) is 5.75 Å². The number of benzene rings is 1. The van der Waals surface area contributed by atoms with E-state index in [0.717, 1.165) is 0 Å². The van der Waals surface area contributed by atoms with Crippen molar-refractivity contribution in [1.82, 2.24) is 4.98 Å². The summed E-state index contributed by atoms with van der Waals surface area (Å²) in [5, 5.41) is 3.02. The summed E-state index contributed by atoms with van der Waals surface area (Å²) in [5.74, 6) is 0.770. The number of rotatable bonds is 5. The second-order valence-corrected chi connectivity index (χ2v) is 4.46. The van der Waals surface area contributed by atoms with Crippen molar-refractivity contribution < 1.29 is 9.53 Å². The van der Waals surface area contributed by atoms with Crippen molar-refractivity contribution in [2.45, 2.75) is 6.42 Å². The highest BCUT2D eigenvalue weighted by Gasteiger charge is 2.06. The fraction of sp³-hybridized carbons (Fsp3) is 0.143. The van der Waals surface area contributed by atoms with Gasteiger partial charge in [0.2, 0.25) is 5.91 Å². The molecule has 0 fully saturated rings. The number of carbonyl (C=O) groups excluding carboxylic acids is 1. The molecule has 3 N–H and O–H groups in total. The maximum absolute atomic E-state index is 11.7. The van der Waals surface area contributed by atoms with Crippen LogP contribution in [0.15, 0.2) is 42.6 Å². The molecule has 0 saturated carbocycles. The highest BCUT2D eigenvalue weighted by molar-refractivity contribution is 6.33. The molecule has 1 aromatic heterocycles. The summed E-state index contributed by atoms with van der Waals surface area (Å²) >= 11 is 5.89. The van der Waals surface area contributed by atoms with Crippen molar-refractivity contribution in [2.75, 3.05) is 17.7 Å². The molecule has 5 nitrogen and oxygen atoms in total. The summed E-state index contributed by atoms with van der Waals surface area (Å²) in [7, 11) is 0. The topological polar surface area (TPSA) is 77.2 Å². The van der Waals surface area contributed by atoms with E-state index in [1.165, 1.54) is 0 Å². The molecule has 0 spiro atoms. The van der Waals surface area contributed by atoms with Gasteiger partial charge in [0.15, 0.2) is 5.82 Å². The Morgan fingerprint density at radius 3 is 2.95 bits per heavy atom. The number of aromatic nitrogens is 1. The number of ether oxygens (including phenoxy) is 1. The number of hydrogen-bond donors (Lipinski definition) is 2. The Bertz CT molecular complexity index is 604. The van der Waals surface area contributed by atoms with Gasteiger partial charge in [-0.2, -0.15) is 0 Å². The van der Waals surface area contributed by atoms with Crippen molar-refractivity contribution in [3.05, 3.63) is 47.6 Å². The Labute approximate surface area is 121 Å². The Balaban J connectivity index is 1.80. The normalized spacial score (nSPS) is 10.1. The average molecular weight is 292 g/mol. The summed E-state index contributed by atoms with van der Waals surface area (Å²) in [5.41, 5.74) is 6.24. The van der Waals surface area contributed by atoms with E-state index in [0.29, 0.717) is 22.3 Å². The van der Waals surface area contributed by atoms with Gasteiger partial charge in [0.05, 0.1) is 18.1 Å². The van der Waals surface area contributed by atoms with Crippen LogP contribution in [-0.2, 0) is 4.79 Å². The minimum atomic E-state index is -0.213. The third-order valence-electron chi connectivity index (χ3n) is 2.47. The molecule has 2 aromatic rings. The quantitative estimate of drug-likeness (QED) is 0.830. The fourth-order valence-corrected chi connectivity index (χ4v) is 1.71. The first-order valence-electron chi connectivity index (χ1n) is 6.04. The number of pyridine rings is 1. The summed E-state index contributed by atoms with van der Waals surface area (Å²) in [6.45, 7) is 0.250. The van der Waals surface area contributed by atoms with Gasteiger partial charge < -0.3 is 15.8 Å². The van der Waals surface area contributed by atoms with Crippen LogP contribution in [0.25, 0.3) is 0 Å². The van der Waals surface area contributed by atoms with E-state index in [1.54, 1.807) is 42.6 Å². The first-order chi connectivity index (χ1) is 9.65. The molecule has 0 aliphatic rings. The Hall–Kier alpha value is -2.27. The first-order valence-corrected chi connectivity index (χ1v) is 6.41. The van der Waals surface area contributed by atoms with Crippen LogP contribution in [0.1, 0.15) is 6.42 Å². The maximum Gasteiger partial charge on any atom is 0.228 e. The number of carbonyl (C=O) groups is 1. The lowest BCUT2D eigenvalue weighted by molar-refractivity contribution is -0.116. The summed E-state index contributed by atoms with van der Waals surface area (Å²) in [4.78, 5) is 15.7. The smallest absolute Gasteiger partial charge is 0.228 e. The van der Waals surface area contributed by atoms with Crippen LogP contribution in [0.3, 0.4) is 0 Å². The van der Waals surface area contributed by atoms with Crippen molar-refractivity contribution in [3.63, 3.8) is 0 Å². The van der Waals surface area contributed by atoms with Gasteiger partial charge in [-0.25, -0.2) is 4.98 Å². The predicted octanol–water partition coefficient (Wildman–Crippen LogP) is 2.72. The molecule has 20 heavy (non-hydrogen) atoms. The highest BCUT2D eigenvalue weighted by Crippen LogP contribution is 2.18. The van der Waals surface area contributed by atoms with Gasteiger partial charge in [-0.1, -0.05) is 17.7 Å². The number of nitrogens with two attached hydrogens (primary N) is 1. The molecule has 0 radical (unpaired) electrons. The first kappa shape index (κ1) is 14.1. The van der Waals surface area contributed by atoms with Gasteiger partial charge in [-0.3, -0.25) is 4.79 Å². The number of nitrogens with zero attached hydrogens (tertiary/aromatic N) is 1. The molecule has 0 saturated heterocycles. The largest absolute Gasteiger partial charge is 0.493 e. The Kier molecular flexibility index (Phi) is 4.79. The van der Waals surface area contributed by atoms with Crippen LogP contribution in [-0.4, -0.2) is 17.5 Å². The molecule has 0 bridgehead atoms. The predicted molar refractivity (Wildman–Crippen MR) is 78.8 cm³/mol. The SMILES string of the molecule is Nc1cccc(OCCC(=O)Nc2ncccc2Cl)c1. The molecule has 1 amide bonds. The maximum atomic E-state index is 11.7. The summed E-state index contributed by atoms with van der Waals surface area (Å²) in [6.07, 6.45) is 1.76. The number of nitrogen functional groups attached to an aromatic ring is 1. The number of hydrogen-bond acceptors (Lipinski definition) is 4. The van der Waals surface area contributed by atoms with Crippen LogP contribution < -0.4 is 15.8 Å². The zero-order valence-electron chi connectivity index (χ0n) is 10.7. The van der Waals surface area contributed by atoms with Gasteiger partial charge >= 0.3 is 0 Å². The number of amides is 1. The summed E-state index contributed by atoms with van der Waals surface area (Å²) < 4.78 is 5.43. The van der Waals surface area contributed by atoms with Crippen molar-refractivity contribution in [3.8, 4) is 5.75 Å². The molecule has 0 unspecified atom stereocenters. The third kappa shape index (κ3) is 4.13. The molecule has 1 aromatic carbocycles. The van der Waals surface area contributed by atoms with E-state index in [-0.39, 0.29) is 18.9 Å². The lowest BCUT2D eigenvalue weighted by Gasteiger charge is -2.08. The molecule has 0 aliphatic carbocycles. The lowest BCUT2D eigenvalue weighted by Crippen LogP contribution is -2.16.